The van der Waals surface area contributed by atoms with Crippen LogP contribution in [0.4, 0.5) is 5.69 Å². The van der Waals surface area contributed by atoms with E-state index in [2.05, 4.69) is 5.32 Å². The van der Waals surface area contributed by atoms with E-state index in [1.807, 2.05) is 19.1 Å². The maximum atomic E-state index is 11.8. The van der Waals surface area contributed by atoms with Crippen molar-refractivity contribution < 1.29 is 19.4 Å². The summed E-state index contributed by atoms with van der Waals surface area (Å²) in [5.41, 5.74) is 1.59. The van der Waals surface area contributed by atoms with Crippen LogP contribution in [0.3, 0.4) is 0 Å². The first kappa shape index (κ1) is 15.9. The minimum Gasteiger partial charge on any atom is -0.507 e. The third kappa shape index (κ3) is 4.23. The molecule has 0 aliphatic carbocycles. The first-order valence-electron chi connectivity index (χ1n) is 6.48. The summed E-state index contributed by atoms with van der Waals surface area (Å²) in [6.45, 7) is 1.48. The summed E-state index contributed by atoms with van der Waals surface area (Å²) in [6, 6.07) is 11.2. The van der Waals surface area contributed by atoms with Gasteiger partial charge in [0.15, 0.2) is 6.61 Å². The number of phenols is 1. The zero-order valence-corrected chi connectivity index (χ0v) is 12.6. The van der Waals surface area contributed by atoms with Gasteiger partial charge in [-0.2, -0.15) is 0 Å². The lowest BCUT2D eigenvalue weighted by molar-refractivity contribution is -0.119. The summed E-state index contributed by atoms with van der Waals surface area (Å²) >= 11 is 5.75. The average molecular weight is 320 g/mol. The number of aromatic hydroxyl groups is 1. The van der Waals surface area contributed by atoms with Crippen molar-refractivity contribution in [1.82, 2.24) is 0 Å². The molecule has 2 aromatic rings. The van der Waals surface area contributed by atoms with E-state index in [1.165, 1.54) is 18.2 Å². The van der Waals surface area contributed by atoms with Gasteiger partial charge in [0, 0.05) is 10.7 Å². The van der Waals surface area contributed by atoms with E-state index in [0.717, 1.165) is 5.56 Å². The van der Waals surface area contributed by atoms with Crippen LogP contribution < -0.4 is 5.32 Å². The minimum absolute atomic E-state index is 0.0874. The zero-order valence-electron chi connectivity index (χ0n) is 11.8. The highest BCUT2D eigenvalue weighted by Crippen LogP contribution is 2.22. The van der Waals surface area contributed by atoms with Crippen LogP contribution >= 0.6 is 11.6 Å². The molecule has 0 saturated carbocycles. The summed E-state index contributed by atoms with van der Waals surface area (Å²) in [5, 5.41) is 12.5. The fraction of sp³-hybridized carbons (Fsp3) is 0.125. The molecular weight excluding hydrogens is 306 g/mol. The molecule has 0 aromatic heterocycles. The molecule has 0 radical (unpaired) electrons. The van der Waals surface area contributed by atoms with Crippen molar-refractivity contribution in [1.29, 1.82) is 0 Å². The van der Waals surface area contributed by atoms with Gasteiger partial charge in [0.25, 0.3) is 5.91 Å². The van der Waals surface area contributed by atoms with Crippen molar-refractivity contribution >= 4 is 29.2 Å². The highest BCUT2D eigenvalue weighted by molar-refractivity contribution is 6.31. The maximum Gasteiger partial charge on any atom is 0.342 e. The lowest BCUT2D eigenvalue weighted by Gasteiger charge is -2.08. The van der Waals surface area contributed by atoms with E-state index >= 15 is 0 Å². The number of halogens is 1. The second kappa shape index (κ2) is 6.95. The third-order valence-electron chi connectivity index (χ3n) is 2.85. The van der Waals surface area contributed by atoms with Crippen LogP contribution in [0.5, 0.6) is 5.75 Å². The Morgan fingerprint density at radius 1 is 1.18 bits per heavy atom. The number of ether oxygens (including phenoxy) is 1. The molecule has 0 fully saturated rings. The SMILES string of the molecule is Cc1ccc(NC(=O)COC(=O)c2cc(Cl)ccc2O)cc1. The van der Waals surface area contributed by atoms with Gasteiger partial charge in [0.05, 0.1) is 0 Å². The van der Waals surface area contributed by atoms with E-state index in [1.54, 1.807) is 12.1 Å². The van der Waals surface area contributed by atoms with Crippen LogP contribution in [0.25, 0.3) is 0 Å². The number of aryl methyl sites for hydroxylation is 1. The number of amides is 1. The van der Waals surface area contributed by atoms with Gasteiger partial charge < -0.3 is 15.2 Å². The Morgan fingerprint density at radius 2 is 1.86 bits per heavy atom. The Bertz CT molecular complexity index is 698. The van der Waals surface area contributed by atoms with Gasteiger partial charge in [-0.05, 0) is 37.3 Å². The van der Waals surface area contributed by atoms with Crippen molar-refractivity contribution in [2.75, 3.05) is 11.9 Å². The van der Waals surface area contributed by atoms with Crippen LogP contribution in [-0.4, -0.2) is 23.6 Å². The summed E-state index contributed by atoms with van der Waals surface area (Å²) in [4.78, 5) is 23.5. The Hall–Kier alpha value is -2.53. The molecule has 2 aromatic carbocycles. The standard InChI is InChI=1S/C16H14ClNO4/c1-10-2-5-12(6-3-10)18-15(20)9-22-16(21)13-8-11(17)4-7-14(13)19/h2-8,19H,9H2,1H3,(H,18,20). The molecule has 0 unspecified atom stereocenters. The normalized spacial score (nSPS) is 10.1. The summed E-state index contributed by atoms with van der Waals surface area (Å²) in [7, 11) is 0. The van der Waals surface area contributed by atoms with Gasteiger partial charge in [-0.15, -0.1) is 0 Å². The van der Waals surface area contributed by atoms with Gasteiger partial charge in [0.2, 0.25) is 0 Å². The molecule has 114 valence electrons. The molecule has 0 spiro atoms. The van der Waals surface area contributed by atoms with Gasteiger partial charge in [-0.25, -0.2) is 4.79 Å². The molecule has 0 heterocycles. The zero-order chi connectivity index (χ0) is 16.1. The topological polar surface area (TPSA) is 75.6 Å². The van der Waals surface area contributed by atoms with E-state index in [4.69, 9.17) is 16.3 Å². The summed E-state index contributed by atoms with van der Waals surface area (Å²) < 4.78 is 4.85. The third-order valence-corrected chi connectivity index (χ3v) is 3.08. The highest BCUT2D eigenvalue weighted by atomic mass is 35.5. The minimum atomic E-state index is -0.820. The fourth-order valence-corrected chi connectivity index (χ4v) is 1.89. The molecule has 2 rings (SSSR count). The predicted molar refractivity (Wildman–Crippen MR) is 83.2 cm³/mol. The molecular formula is C16H14ClNO4. The van der Waals surface area contributed by atoms with E-state index in [-0.39, 0.29) is 16.3 Å². The van der Waals surface area contributed by atoms with E-state index in [9.17, 15) is 14.7 Å². The number of carbonyl (C=O) groups excluding carboxylic acids is 2. The Balaban J connectivity index is 1.91. The number of nitrogens with one attached hydrogen (secondary N) is 1. The van der Waals surface area contributed by atoms with Crippen molar-refractivity contribution in [3.63, 3.8) is 0 Å². The molecule has 0 saturated heterocycles. The van der Waals surface area contributed by atoms with Crippen molar-refractivity contribution in [3.05, 3.63) is 58.6 Å². The highest BCUT2D eigenvalue weighted by Gasteiger charge is 2.15. The lowest BCUT2D eigenvalue weighted by Crippen LogP contribution is -2.21. The van der Waals surface area contributed by atoms with Crippen LogP contribution in [-0.2, 0) is 9.53 Å². The first-order chi connectivity index (χ1) is 10.5. The number of esters is 1. The van der Waals surface area contributed by atoms with Gasteiger partial charge in [-0.1, -0.05) is 29.3 Å². The summed E-state index contributed by atoms with van der Waals surface area (Å²) in [5.74, 6) is -1.55. The van der Waals surface area contributed by atoms with E-state index in [0.29, 0.717) is 5.69 Å². The molecule has 2 N–H and O–H groups in total. The fourth-order valence-electron chi connectivity index (χ4n) is 1.71. The summed E-state index contributed by atoms with van der Waals surface area (Å²) in [6.07, 6.45) is 0. The van der Waals surface area contributed by atoms with Gasteiger partial charge >= 0.3 is 5.97 Å². The second-order valence-electron chi connectivity index (χ2n) is 4.65. The number of rotatable bonds is 4. The van der Waals surface area contributed by atoms with Crippen LogP contribution in [0.1, 0.15) is 15.9 Å². The number of hydrogen-bond acceptors (Lipinski definition) is 4. The monoisotopic (exact) mass is 319 g/mol. The molecule has 22 heavy (non-hydrogen) atoms. The van der Waals surface area contributed by atoms with Crippen LogP contribution in [0.15, 0.2) is 42.5 Å². The van der Waals surface area contributed by atoms with Crippen molar-refractivity contribution in [2.45, 2.75) is 6.92 Å². The molecule has 0 aliphatic rings. The number of phenolic OH excluding ortho intramolecular Hbond substituents is 1. The smallest absolute Gasteiger partial charge is 0.342 e. The number of hydrogen-bond donors (Lipinski definition) is 2. The Labute approximate surface area is 132 Å². The van der Waals surface area contributed by atoms with Crippen molar-refractivity contribution in [2.24, 2.45) is 0 Å². The number of anilines is 1. The number of benzene rings is 2. The van der Waals surface area contributed by atoms with E-state index < -0.39 is 18.5 Å². The quantitative estimate of drug-likeness (QED) is 0.849. The molecule has 5 nitrogen and oxygen atoms in total. The number of carbonyl (C=O) groups is 2. The lowest BCUT2D eigenvalue weighted by atomic mass is 10.2. The maximum absolute atomic E-state index is 11.8. The predicted octanol–water partition coefficient (Wildman–Crippen LogP) is 3.15. The van der Waals surface area contributed by atoms with Gasteiger partial charge in [-0.3, -0.25) is 4.79 Å². The molecule has 0 bridgehead atoms. The second-order valence-corrected chi connectivity index (χ2v) is 5.09. The first-order valence-corrected chi connectivity index (χ1v) is 6.85. The molecule has 6 heteroatoms. The largest absolute Gasteiger partial charge is 0.507 e. The van der Waals surface area contributed by atoms with Gasteiger partial charge in [0.1, 0.15) is 11.3 Å². The van der Waals surface area contributed by atoms with Crippen LogP contribution in [0.2, 0.25) is 5.02 Å². The average Bonchev–Trinajstić information content (AvgIpc) is 2.49. The molecule has 0 aliphatic heterocycles. The van der Waals surface area contributed by atoms with Crippen molar-refractivity contribution in [3.8, 4) is 5.75 Å². The molecule has 0 atom stereocenters. The Morgan fingerprint density at radius 3 is 2.55 bits per heavy atom. The Kier molecular flexibility index (Phi) is 5.01. The van der Waals surface area contributed by atoms with Crippen LogP contribution in [0, 0.1) is 6.92 Å². The molecule has 1 amide bonds.